The lowest BCUT2D eigenvalue weighted by Crippen LogP contribution is -2.55. The van der Waals surface area contributed by atoms with Crippen LogP contribution in [0.3, 0.4) is 0 Å². The molecule has 3 fully saturated rings. The van der Waals surface area contributed by atoms with E-state index in [1.165, 1.54) is 83.5 Å². The molecule has 0 unspecified atom stereocenters. The predicted octanol–water partition coefficient (Wildman–Crippen LogP) is 5.21. The highest BCUT2D eigenvalue weighted by molar-refractivity contribution is 5.05. The summed E-state index contributed by atoms with van der Waals surface area (Å²) in [6, 6.07) is 0. The van der Waals surface area contributed by atoms with Crippen molar-refractivity contribution < 1.29 is 5.11 Å². The van der Waals surface area contributed by atoms with Crippen molar-refractivity contribution in [3.63, 3.8) is 0 Å². The van der Waals surface area contributed by atoms with E-state index in [1.54, 1.807) is 0 Å². The fourth-order valence-electron chi connectivity index (χ4n) is 5.73. The number of hydrogen-bond acceptors (Lipinski definition) is 1. The van der Waals surface area contributed by atoms with Gasteiger partial charge >= 0.3 is 0 Å². The average Bonchev–Trinajstić information content (AvgIpc) is 2.49. The van der Waals surface area contributed by atoms with Gasteiger partial charge in [0.05, 0.1) is 5.60 Å². The van der Waals surface area contributed by atoms with Gasteiger partial charge in [-0.1, -0.05) is 57.8 Å². The Kier molecular flexibility index (Phi) is 4.22. The summed E-state index contributed by atoms with van der Waals surface area (Å²) in [5, 5.41) is 11.5. The van der Waals surface area contributed by atoms with Gasteiger partial charge in [-0.3, -0.25) is 0 Å². The van der Waals surface area contributed by atoms with Crippen molar-refractivity contribution in [3.8, 4) is 0 Å². The Morgan fingerprint density at radius 3 is 1.63 bits per heavy atom. The van der Waals surface area contributed by atoms with Crippen molar-refractivity contribution >= 4 is 0 Å². The first-order valence-electron chi connectivity index (χ1n) is 8.99. The van der Waals surface area contributed by atoms with Gasteiger partial charge in [0.15, 0.2) is 0 Å². The van der Waals surface area contributed by atoms with Crippen LogP contribution in [0.15, 0.2) is 0 Å². The summed E-state index contributed by atoms with van der Waals surface area (Å²) < 4.78 is 0. The molecule has 110 valence electrons. The second kappa shape index (κ2) is 5.76. The second-order valence-electron chi connectivity index (χ2n) is 7.64. The van der Waals surface area contributed by atoms with Crippen LogP contribution in [0.1, 0.15) is 96.3 Å². The van der Waals surface area contributed by atoms with Crippen molar-refractivity contribution in [1.82, 2.24) is 0 Å². The molecule has 1 nitrogen and oxygen atoms in total. The Hall–Kier alpha value is -0.0400. The molecule has 19 heavy (non-hydrogen) atoms. The van der Waals surface area contributed by atoms with E-state index in [1.807, 2.05) is 0 Å². The lowest BCUT2D eigenvalue weighted by Gasteiger charge is -2.56. The minimum atomic E-state index is -0.298. The van der Waals surface area contributed by atoms with E-state index < -0.39 is 0 Å². The van der Waals surface area contributed by atoms with E-state index >= 15 is 0 Å². The second-order valence-corrected chi connectivity index (χ2v) is 7.64. The Morgan fingerprint density at radius 2 is 1.05 bits per heavy atom. The zero-order valence-electron chi connectivity index (χ0n) is 12.6. The molecule has 0 saturated heterocycles. The fraction of sp³-hybridized carbons (Fsp3) is 1.00. The minimum absolute atomic E-state index is 0.298. The zero-order chi connectivity index (χ0) is 13.2. The molecule has 0 aromatic carbocycles. The van der Waals surface area contributed by atoms with Gasteiger partial charge in [-0.15, -0.1) is 0 Å². The highest BCUT2D eigenvalue weighted by Gasteiger charge is 2.54. The summed E-state index contributed by atoms with van der Waals surface area (Å²) in [5.41, 5.74) is 0.0137. The summed E-state index contributed by atoms with van der Waals surface area (Å²) in [4.78, 5) is 0. The minimum Gasteiger partial charge on any atom is -0.389 e. The molecular weight excluding hydrogens is 232 g/mol. The lowest BCUT2D eigenvalue weighted by atomic mass is 9.51. The fourth-order valence-corrected chi connectivity index (χ4v) is 5.73. The smallest absolute Gasteiger partial charge is 0.0706 e. The quantitative estimate of drug-likeness (QED) is 0.725. The molecule has 0 radical (unpaired) electrons. The van der Waals surface area contributed by atoms with Gasteiger partial charge in [-0.05, 0) is 44.4 Å². The Balaban J connectivity index is 1.86. The van der Waals surface area contributed by atoms with Gasteiger partial charge in [-0.25, -0.2) is 0 Å². The first-order chi connectivity index (χ1) is 9.27. The first kappa shape index (κ1) is 13.9. The van der Waals surface area contributed by atoms with Crippen LogP contribution in [0.25, 0.3) is 0 Å². The molecule has 0 bridgehead atoms. The maximum Gasteiger partial charge on any atom is 0.0706 e. The number of hydrogen-bond donors (Lipinski definition) is 1. The standard InChI is InChI=1S/C18H32O/c19-18(14-8-3-9-15-18)17(12-6-2-7-13-17)16-10-4-1-5-11-16/h16,19H,1-15H2. The third-order valence-corrected chi connectivity index (χ3v) is 6.74. The van der Waals surface area contributed by atoms with Gasteiger partial charge < -0.3 is 5.11 Å². The van der Waals surface area contributed by atoms with Crippen molar-refractivity contribution in [1.29, 1.82) is 0 Å². The summed E-state index contributed by atoms with van der Waals surface area (Å²) in [7, 11) is 0. The van der Waals surface area contributed by atoms with Gasteiger partial charge in [0.2, 0.25) is 0 Å². The topological polar surface area (TPSA) is 20.2 Å². The van der Waals surface area contributed by atoms with E-state index in [9.17, 15) is 5.11 Å². The summed E-state index contributed by atoms with van der Waals surface area (Å²) in [6.07, 6.45) is 20.0. The maximum absolute atomic E-state index is 11.5. The van der Waals surface area contributed by atoms with Crippen molar-refractivity contribution in [2.45, 2.75) is 102 Å². The molecule has 0 heterocycles. The van der Waals surface area contributed by atoms with Crippen molar-refractivity contribution in [2.75, 3.05) is 0 Å². The van der Waals surface area contributed by atoms with E-state index in [0.29, 0.717) is 5.41 Å². The molecule has 1 N–H and O–H groups in total. The molecule has 3 aliphatic rings. The zero-order valence-corrected chi connectivity index (χ0v) is 12.6. The monoisotopic (exact) mass is 264 g/mol. The highest BCUT2D eigenvalue weighted by atomic mass is 16.3. The molecule has 0 aromatic rings. The molecule has 3 rings (SSSR count). The van der Waals surface area contributed by atoms with E-state index in [0.717, 1.165) is 18.8 Å². The molecule has 0 aromatic heterocycles. The van der Waals surface area contributed by atoms with Crippen LogP contribution in [-0.2, 0) is 0 Å². The van der Waals surface area contributed by atoms with Crippen molar-refractivity contribution in [2.24, 2.45) is 11.3 Å². The van der Waals surface area contributed by atoms with Crippen LogP contribution in [0.5, 0.6) is 0 Å². The predicted molar refractivity (Wildman–Crippen MR) is 80.1 cm³/mol. The highest BCUT2D eigenvalue weighted by Crippen LogP contribution is 2.58. The molecule has 1 heteroatoms. The lowest BCUT2D eigenvalue weighted by molar-refractivity contribution is -0.160. The summed E-state index contributed by atoms with van der Waals surface area (Å²) in [5.74, 6) is 0.838. The third kappa shape index (κ3) is 2.48. The van der Waals surface area contributed by atoms with Crippen LogP contribution in [0.2, 0.25) is 0 Å². The van der Waals surface area contributed by atoms with Crippen LogP contribution in [0, 0.1) is 11.3 Å². The van der Waals surface area contributed by atoms with Crippen LogP contribution in [0.4, 0.5) is 0 Å². The Bertz CT molecular complexity index is 278. The molecule has 0 spiro atoms. The van der Waals surface area contributed by atoms with Gasteiger partial charge in [0.1, 0.15) is 0 Å². The Labute approximate surface area is 119 Å². The van der Waals surface area contributed by atoms with Gasteiger partial charge in [0.25, 0.3) is 0 Å². The third-order valence-electron chi connectivity index (χ3n) is 6.74. The summed E-state index contributed by atoms with van der Waals surface area (Å²) >= 11 is 0. The van der Waals surface area contributed by atoms with Crippen LogP contribution in [-0.4, -0.2) is 10.7 Å². The van der Waals surface area contributed by atoms with Crippen LogP contribution < -0.4 is 0 Å². The first-order valence-corrected chi connectivity index (χ1v) is 8.99. The molecular formula is C18H32O. The number of aliphatic hydroxyl groups is 1. The molecule has 0 amide bonds. The molecule has 0 atom stereocenters. The largest absolute Gasteiger partial charge is 0.389 e. The van der Waals surface area contributed by atoms with E-state index in [-0.39, 0.29) is 5.60 Å². The van der Waals surface area contributed by atoms with Gasteiger partial charge in [-0.2, -0.15) is 0 Å². The van der Waals surface area contributed by atoms with E-state index in [2.05, 4.69) is 0 Å². The van der Waals surface area contributed by atoms with Crippen molar-refractivity contribution in [3.05, 3.63) is 0 Å². The summed E-state index contributed by atoms with van der Waals surface area (Å²) in [6.45, 7) is 0. The Morgan fingerprint density at radius 1 is 0.579 bits per heavy atom. The maximum atomic E-state index is 11.5. The van der Waals surface area contributed by atoms with Crippen LogP contribution >= 0.6 is 0 Å². The molecule has 3 saturated carbocycles. The van der Waals surface area contributed by atoms with Gasteiger partial charge in [0, 0.05) is 5.41 Å². The number of rotatable bonds is 2. The normalized spacial score (nSPS) is 32.1. The van der Waals surface area contributed by atoms with E-state index in [4.69, 9.17) is 0 Å². The average molecular weight is 264 g/mol. The molecule has 0 aliphatic heterocycles. The molecule has 3 aliphatic carbocycles. The SMILES string of the molecule is OC1(C2(C3CCCCC3)CCCCC2)CCCCC1.